The van der Waals surface area contributed by atoms with Crippen LogP contribution in [0.5, 0.6) is 0 Å². The van der Waals surface area contributed by atoms with Crippen LogP contribution in [0.1, 0.15) is 12.7 Å². The first-order valence-electron chi connectivity index (χ1n) is 5.69. The third kappa shape index (κ3) is 3.24. The Hall–Kier alpha value is -1.97. The summed E-state index contributed by atoms with van der Waals surface area (Å²) in [4.78, 5) is 4.16. The van der Waals surface area contributed by atoms with Crippen LogP contribution in [0.4, 0.5) is 11.4 Å². The van der Waals surface area contributed by atoms with Gasteiger partial charge in [-0.15, -0.1) is 0 Å². The zero-order valence-electron chi connectivity index (χ0n) is 10.1. The molecule has 17 heavy (non-hydrogen) atoms. The van der Waals surface area contributed by atoms with Crippen molar-refractivity contribution in [1.82, 2.24) is 4.98 Å². The smallest absolute Gasteiger partial charge is 0.105 e. The highest BCUT2D eigenvalue weighted by Crippen LogP contribution is 2.14. The second-order valence-electron chi connectivity index (χ2n) is 4.04. The molecule has 0 amide bonds. The first-order valence-corrected chi connectivity index (χ1v) is 5.69. The first-order chi connectivity index (χ1) is 8.28. The Morgan fingerprint density at radius 1 is 1.35 bits per heavy atom. The van der Waals surface area contributed by atoms with E-state index in [1.807, 2.05) is 31.4 Å². The predicted molar refractivity (Wildman–Crippen MR) is 69.3 cm³/mol. The lowest BCUT2D eigenvalue weighted by atomic mass is 10.2. The number of rotatable bonds is 5. The molecule has 2 aromatic heterocycles. The summed E-state index contributed by atoms with van der Waals surface area (Å²) in [6.45, 7) is 2.12. The number of anilines is 2. The number of nitrogens with zero attached hydrogens (tertiary/aromatic N) is 1. The molecule has 0 aliphatic rings. The molecular formula is C13H17N3O. The van der Waals surface area contributed by atoms with E-state index in [1.54, 1.807) is 12.5 Å². The lowest BCUT2D eigenvalue weighted by Gasteiger charge is -2.14. The summed E-state index contributed by atoms with van der Waals surface area (Å²) in [5.74, 6) is 0.989. The number of hydrogen-bond donors (Lipinski definition) is 2. The molecule has 0 aromatic carbocycles. The summed E-state index contributed by atoms with van der Waals surface area (Å²) in [5, 5.41) is 6.46. The summed E-state index contributed by atoms with van der Waals surface area (Å²) in [5.41, 5.74) is 2.01. The molecule has 4 nitrogen and oxygen atoms in total. The Balaban J connectivity index is 1.95. The predicted octanol–water partition coefficient (Wildman–Crippen LogP) is 2.76. The van der Waals surface area contributed by atoms with Gasteiger partial charge in [0, 0.05) is 19.5 Å². The van der Waals surface area contributed by atoms with E-state index in [0.717, 1.165) is 23.6 Å². The highest BCUT2D eigenvalue weighted by molar-refractivity contribution is 5.54. The third-order valence-electron chi connectivity index (χ3n) is 2.53. The maximum Gasteiger partial charge on any atom is 0.105 e. The Labute approximate surface area is 101 Å². The fourth-order valence-electron chi connectivity index (χ4n) is 1.72. The zero-order valence-corrected chi connectivity index (χ0v) is 10.1. The van der Waals surface area contributed by atoms with E-state index in [1.165, 1.54) is 0 Å². The standard InChI is InChI=1S/C13H17N3O/c1-10(6-13-4-3-5-17-13)16-12-7-11(14-2)8-15-9-12/h3-5,7-10,14,16H,6H2,1-2H3. The number of pyridine rings is 1. The van der Waals surface area contributed by atoms with Gasteiger partial charge >= 0.3 is 0 Å². The van der Waals surface area contributed by atoms with Crippen LogP contribution in [0.25, 0.3) is 0 Å². The molecular weight excluding hydrogens is 214 g/mol. The molecule has 2 N–H and O–H groups in total. The monoisotopic (exact) mass is 231 g/mol. The van der Waals surface area contributed by atoms with Crippen molar-refractivity contribution in [2.24, 2.45) is 0 Å². The molecule has 1 atom stereocenters. The van der Waals surface area contributed by atoms with Gasteiger partial charge < -0.3 is 15.1 Å². The average molecular weight is 231 g/mol. The Morgan fingerprint density at radius 2 is 2.18 bits per heavy atom. The van der Waals surface area contributed by atoms with Crippen LogP contribution in [0, 0.1) is 0 Å². The van der Waals surface area contributed by atoms with Crippen molar-refractivity contribution in [3.8, 4) is 0 Å². The van der Waals surface area contributed by atoms with E-state index in [9.17, 15) is 0 Å². The summed E-state index contributed by atoms with van der Waals surface area (Å²) in [7, 11) is 1.88. The Bertz CT molecular complexity index is 453. The van der Waals surface area contributed by atoms with E-state index in [2.05, 4.69) is 22.5 Å². The fraction of sp³-hybridized carbons (Fsp3) is 0.308. The van der Waals surface area contributed by atoms with Crippen LogP contribution < -0.4 is 10.6 Å². The van der Waals surface area contributed by atoms with Gasteiger partial charge in [0.05, 0.1) is 30.0 Å². The van der Waals surface area contributed by atoms with Crippen molar-refractivity contribution >= 4 is 11.4 Å². The number of furan rings is 1. The Morgan fingerprint density at radius 3 is 2.88 bits per heavy atom. The van der Waals surface area contributed by atoms with Crippen LogP contribution in [-0.4, -0.2) is 18.1 Å². The topological polar surface area (TPSA) is 50.1 Å². The van der Waals surface area contributed by atoms with Crippen molar-refractivity contribution in [3.63, 3.8) is 0 Å². The molecule has 0 fully saturated rings. The lowest BCUT2D eigenvalue weighted by molar-refractivity contribution is 0.498. The molecule has 0 aliphatic carbocycles. The lowest BCUT2D eigenvalue weighted by Crippen LogP contribution is -2.17. The minimum absolute atomic E-state index is 0.301. The number of nitrogens with one attached hydrogen (secondary N) is 2. The molecule has 4 heteroatoms. The molecule has 0 saturated heterocycles. The maximum atomic E-state index is 5.32. The normalized spacial score (nSPS) is 12.1. The third-order valence-corrected chi connectivity index (χ3v) is 2.53. The van der Waals surface area contributed by atoms with Crippen molar-refractivity contribution in [3.05, 3.63) is 42.6 Å². The minimum Gasteiger partial charge on any atom is -0.469 e. The molecule has 2 aromatic rings. The van der Waals surface area contributed by atoms with Crippen LogP contribution in [0.3, 0.4) is 0 Å². The zero-order chi connectivity index (χ0) is 12.1. The molecule has 2 rings (SSSR count). The van der Waals surface area contributed by atoms with Gasteiger partial charge in [-0.2, -0.15) is 0 Å². The van der Waals surface area contributed by atoms with Gasteiger partial charge in [-0.25, -0.2) is 0 Å². The van der Waals surface area contributed by atoms with E-state index in [-0.39, 0.29) is 0 Å². The maximum absolute atomic E-state index is 5.32. The van der Waals surface area contributed by atoms with Gasteiger partial charge in [0.15, 0.2) is 0 Å². The molecule has 90 valence electrons. The Kier molecular flexibility index (Phi) is 3.65. The minimum atomic E-state index is 0.301. The van der Waals surface area contributed by atoms with Crippen LogP contribution in [-0.2, 0) is 6.42 Å². The molecule has 2 heterocycles. The molecule has 0 aliphatic heterocycles. The van der Waals surface area contributed by atoms with Gasteiger partial charge in [0.25, 0.3) is 0 Å². The van der Waals surface area contributed by atoms with Crippen LogP contribution in [0.2, 0.25) is 0 Å². The number of aromatic nitrogens is 1. The second kappa shape index (κ2) is 5.39. The molecule has 0 bridgehead atoms. The summed E-state index contributed by atoms with van der Waals surface area (Å²) < 4.78 is 5.32. The van der Waals surface area contributed by atoms with Crippen molar-refractivity contribution in [2.45, 2.75) is 19.4 Å². The largest absolute Gasteiger partial charge is 0.469 e. The molecule has 0 spiro atoms. The van der Waals surface area contributed by atoms with Gasteiger partial charge in [-0.1, -0.05) is 0 Å². The second-order valence-corrected chi connectivity index (χ2v) is 4.04. The quantitative estimate of drug-likeness (QED) is 0.830. The highest BCUT2D eigenvalue weighted by atomic mass is 16.3. The summed E-state index contributed by atoms with van der Waals surface area (Å²) in [6, 6.07) is 6.23. The average Bonchev–Trinajstić information content (AvgIpc) is 2.82. The first kappa shape index (κ1) is 11.5. The molecule has 0 saturated carbocycles. The summed E-state index contributed by atoms with van der Waals surface area (Å²) >= 11 is 0. The van der Waals surface area contributed by atoms with E-state index in [0.29, 0.717) is 6.04 Å². The molecule has 1 unspecified atom stereocenters. The van der Waals surface area contributed by atoms with Crippen LogP contribution in [0.15, 0.2) is 41.3 Å². The van der Waals surface area contributed by atoms with Gasteiger partial charge in [-0.3, -0.25) is 4.98 Å². The SMILES string of the molecule is CNc1cncc(NC(C)Cc2ccco2)c1. The fourth-order valence-corrected chi connectivity index (χ4v) is 1.72. The van der Waals surface area contributed by atoms with E-state index < -0.39 is 0 Å². The van der Waals surface area contributed by atoms with Crippen LogP contribution >= 0.6 is 0 Å². The number of hydrogen-bond acceptors (Lipinski definition) is 4. The molecule has 0 radical (unpaired) electrons. The van der Waals surface area contributed by atoms with Gasteiger partial charge in [0.1, 0.15) is 5.76 Å². The van der Waals surface area contributed by atoms with E-state index >= 15 is 0 Å². The highest BCUT2D eigenvalue weighted by Gasteiger charge is 2.06. The van der Waals surface area contributed by atoms with Crippen molar-refractivity contribution in [1.29, 1.82) is 0 Å². The van der Waals surface area contributed by atoms with Crippen molar-refractivity contribution < 1.29 is 4.42 Å². The van der Waals surface area contributed by atoms with Gasteiger partial charge in [-0.05, 0) is 25.1 Å². The van der Waals surface area contributed by atoms with Gasteiger partial charge in [0.2, 0.25) is 0 Å². The van der Waals surface area contributed by atoms with Crippen molar-refractivity contribution in [2.75, 3.05) is 17.7 Å². The van der Waals surface area contributed by atoms with E-state index in [4.69, 9.17) is 4.42 Å². The summed E-state index contributed by atoms with van der Waals surface area (Å²) in [6.07, 6.45) is 6.17.